The Morgan fingerprint density at radius 2 is 1.44 bits per heavy atom. The van der Waals surface area contributed by atoms with E-state index in [1.54, 1.807) is 30.3 Å². The fraction of sp³-hybridized carbons (Fsp3) is 0.118. The van der Waals surface area contributed by atoms with E-state index in [1.165, 1.54) is 18.2 Å². The van der Waals surface area contributed by atoms with E-state index in [4.69, 9.17) is 0 Å². The van der Waals surface area contributed by atoms with Gasteiger partial charge in [-0.1, -0.05) is 18.2 Å². The maximum atomic E-state index is 12.7. The molecule has 0 aliphatic carbocycles. The predicted octanol–water partition coefficient (Wildman–Crippen LogP) is 1.43. The molecule has 25 heavy (non-hydrogen) atoms. The first-order valence-electron chi connectivity index (χ1n) is 7.49. The lowest BCUT2D eigenvalue weighted by Crippen LogP contribution is -2.54. The Bertz CT molecular complexity index is 885. The van der Waals surface area contributed by atoms with Crippen molar-refractivity contribution in [3.8, 4) is 0 Å². The van der Waals surface area contributed by atoms with Crippen LogP contribution in [0.4, 0.5) is 17.1 Å². The molecule has 0 radical (unpaired) electrons. The second kappa shape index (κ2) is 5.40. The number of rotatable bonds is 2. The monoisotopic (exact) mass is 337 g/mol. The summed E-state index contributed by atoms with van der Waals surface area (Å²) in [4.78, 5) is 37.2. The second-order valence-corrected chi connectivity index (χ2v) is 5.75. The number of amides is 2. The summed E-state index contributed by atoms with van der Waals surface area (Å²) in [7, 11) is 0. The van der Waals surface area contributed by atoms with Crippen molar-refractivity contribution in [3.05, 3.63) is 64.5 Å². The van der Waals surface area contributed by atoms with Crippen LogP contribution in [0.15, 0.2) is 48.5 Å². The normalized spacial score (nSPS) is 22.1. The number of benzene rings is 2. The molecule has 2 amide bonds. The molecule has 2 aliphatic rings. The number of carbonyl (C=O) groups is 3. The standard InChI is InChI=1S/C17H11N3O5/c21-9-10-6-7-12-13(8-10)20(25)15-14(19(12)24)16(22)18(17(15)23)11-4-2-1-3-5-11/h1-9,14-15H/q-2. The topological polar surface area (TPSA) is 107 Å². The number of anilines is 3. The Kier molecular flexibility index (Phi) is 3.31. The van der Waals surface area contributed by atoms with Crippen LogP contribution in [0.5, 0.6) is 0 Å². The van der Waals surface area contributed by atoms with Gasteiger partial charge in [-0.15, -0.1) is 0 Å². The summed E-state index contributed by atoms with van der Waals surface area (Å²) in [5.74, 6) is -1.51. The van der Waals surface area contributed by atoms with E-state index in [9.17, 15) is 24.8 Å². The van der Waals surface area contributed by atoms with Gasteiger partial charge in [0.05, 0.1) is 11.4 Å². The van der Waals surface area contributed by atoms with Gasteiger partial charge in [0.15, 0.2) is 0 Å². The zero-order valence-corrected chi connectivity index (χ0v) is 12.7. The Hall–Kier alpha value is -3.23. The van der Waals surface area contributed by atoms with Crippen molar-refractivity contribution < 1.29 is 14.4 Å². The van der Waals surface area contributed by atoms with Gasteiger partial charge in [-0.05, 0) is 30.3 Å². The summed E-state index contributed by atoms with van der Waals surface area (Å²) in [6.45, 7) is 0. The van der Waals surface area contributed by atoms with Gasteiger partial charge in [0.2, 0.25) is 0 Å². The molecule has 8 heteroatoms. The molecule has 126 valence electrons. The molecule has 2 heterocycles. The van der Waals surface area contributed by atoms with Crippen molar-refractivity contribution in [2.45, 2.75) is 12.1 Å². The third-order valence-electron chi connectivity index (χ3n) is 4.38. The molecule has 1 saturated heterocycles. The number of fused-ring (bicyclic) bond motifs is 2. The van der Waals surface area contributed by atoms with Crippen LogP contribution in [0.25, 0.3) is 0 Å². The molecule has 2 aliphatic heterocycles. The zero-order chi connectivity index (χ0) is 17.7. The van der Waals surface area contributed by atoms with Crippen LogP contribution in [0.2, 0.25) is 0 Å². The van der Waals surface area contributed by atoms with Crippen LogP contribution in [0.3, 0.4) is 0 Å². The number of aldehydes is 1. The molecule has 2 atom stereocenters. The van der Waals surface area contributed by atoms with E-state index in [0.29, 0.717) is 22.1 Å². The number of hydroxylamine groups is 2. The molecule has 1 fully saturated rings. The summed E-state index contributed by atoms with van der Waals surface area (Å²) in [6.07, 6.45) is 0.535. The molecule has 4 rings (SSSR count). The maximum absolute atomic E-state index is 12.7. The van der Waals surface area contributed by atoms with Crippen LogP contribution >= 0.6 is 0 Å². The first kappa shape index (κ1) is 15.3. The number of para-hydroxylation sites is 1. The Labute approximate surface area is 142 Å². The molecule has 0 N–H and O–H groups in total. The average Bonchev–Trinajstić information content (AvgIpc) is 2.91. The van der Waals surface area contributed by atoms with Crippen molar-refractivity contribution in [1.82, 2.24) is 0 Å². The second-order valence-electron chi connectivity index (χ2n) is 5.75. The molecule has 2 unspecified atom stereocenters. The molecule has 0 aromatic heterocycles. The summed E-state index contributed by atoms with van der Waals surface area (Å²) in [5, 5.41) is 26.1. The minimum Gasteiger partial charge on any atom is -0.758 e. The van der Waals surface area contributed by atoms with Crippen molar-refractivity contribution in [2.75, 3.05) is 15.0 Å². The zero-order valence-electron chi connectivity index (χ0n) is 12.7. The van der Waals surface area contributed by atoms with Crippen LogP contribution in [0.1, 0.15) is 10.4 Å². The largest absolute Gasteiger partial charge is 0.758 e. The van der Waals surface area contributed by atoms with Gasteiger partial charge in [0, 0.05) is 11.3 Å². The quantitative estimate of drug-likeness (QED) is 0.602. The Balaban J connectivity index is 1.82. The van der Waals surface area contributed by atoms with Gasteiger partial charge in [0.25, 0.3) is 11.8 Å². The summed E-state index contributed by atoms with van der Waals surface area (Å²) >= 11 is 0. The van der Waals surface area contributed by atoms with Crippen molar-refractivity contribution in [1.29, 1.82) is 0 Å². The highest BCUT2D eigenvalue weighted by Gasteiger charge is 2.52. The van der Waals surface area contributed by atoms with E-state index < -0.39 is 23.9 Å². The van der Waals surface area contributed by atoms with Gasteiger partial charge in [-0.25, -0.2) is 4.90 Å². The van der Waals surface area contributed by atoms with Gasteiger partial charge in [-0.3, -0.25) is 14.4 Å². The molecular formula is C17H11N3O5-2. The molecule has 0 saturated carbocycles. The SMILES string of the molecule is O=Cc1ccc2c(c1)N([O-])C1C(=O)N(c3ccccc3)C(=O)C1N2[O-]. The molecule has 2 aromatic rings. The fourth-order valence-corrected chi connectivity index (χ4v) is 3.21. The molecule has 8 nitrogen and oxygen atoms in total. The van der Waals surface area contributed by atoms with Crippen LogP contribution in [0, 0.1) is 10.4 Å². The third-order valence-corrected chi connectivity index (χ3v) is 4.38. The number of carbonyl (C=O) groups excluding carboxylic acids is 3. The number of nitrogens with zero attached hydrogens (tertiary/aromatic N) is 3. The van der Waals surface area contributed by atoms with Gasteiger partial charge < -0.3 is 20.5 Å². The van der Waals surface area contributed by atoms with Crippen LogP contribution in [-0.2, 0) is 9.59 Å². The number of imide groups is 1. The Morgan fingerprint density at radius 3 is 2.04 bits per heavy atom. The molecule has 2 aromatic carbocycles. The first-order valence-corrected chi connectivity index (χ1v) is 7.49. The summed E-state index contributed by atoms with van der Waals surface area (Å²) < 4.78 is 0. The third kappa shape index (κ3) is 2.05. The fourth-order valence-electron chi connectivity index (χ4n) is 3.21. The number of hydrogen-bond donors (Lipinski definition) is 0. The minimum absolute atomic E-state index is 0.0436. The minimum atomic E-state index is -1.49. The van der Waals surface area contributed by atoms with E-state index in [-0.39, 0.29) is 16.9 Å². The molecule has 0 spiro atoms. The van der Waals surface area contributed by atoms with Crippen LogP contribution < -0.4 is 15.0 Å². The van der Waals surface area contributed by atoms with E-state index in [0.717, 1.165) is 4.90 Å². The lowest BCUT2D eigenvalue weighted by molar-refractivity contribution is -0.121. The van der Waals surface area contributed by atoms with Gasteiger partial charge >= 0.3 is 0 Å². The molecular weight excluding hydrogens is 326 g/mol. The summed E-state index contributed by atoms with van der Waals surface area (Å²) in [6, 6.07) is 9.08. The summed E-state index contributed by atoms with van der Waals surface area (Å²) in [5.41, 5.74) is 0.351. The maximum Gasteiger partial charge on any atom is 0.258 e. The highest BCUT2D eigenvalue weighted by Crippen LogP contribution is 2.42. The smallest absolute Gasteiger partial charge is 0.258 e. The highest BCUT2D eigenvalue weighted by molar-refractivity contribution is 6.27. The van der Waals surface area contributed by atoms with Gasteiger partial charge in [-0.2, -0.15) is 0 Å². The lowest BCUT2D eigenvalue weighted by atomic mass is 10.0. The lowest BCUT2D eigenvalue weighted by Gasteiger charge is -2.51. The molecule has 0 bridgehead atoms. The van der Waals surface area contributed by atoms with Crippen LogP contribution in [-0.4, -0.2) is 30.2 Å². The number of hydrogen-bond acceptors (Lipinski definition) is 7. The van der Waals surface area contributed by atoms with Gasteiger partial charge in [0.1, 0.15) is 18.4 Å². The average molecular weight is 337 g/mol. The van der Waals surface area contributed by atoms with Crippen molar-refractivity contribution >= 4 is 35.2 Å². The Morgan fingerprint density at radius 1 is 0.840 bits per heavy atom. The highest BCUT2D eigenvalue weighted by atomic mass is 16.5. The predicted molar refractivity (Wildman–Crippen MR) is 90.0 cm³/mol. The first-order chi connectivity index (χ1) is 12.0. The van der Waals surface area contributed by atoms with E-state index in [2.05, 4.69) is 0 Å². The van der Waals surface area contributed by atoms with E-state index in [1.807, 2.05) is 0 Å². The van der Waals surface area contributed by atoms with Crippen molar-refractivity contribution in [3.63, 3.8) is 0 Å². The van der Waals surface area contributed by atoms with Crippen molar-refractivity contribution in [2.24, 2.45) is 0 Å². The van der Waals surface area contributed by atoms with E-state index >= 15 is 0 Å².